The van der Waals surface area contributed by atoms with Gasteiger partial charge in [0.05, 0.1) is 28.6 Å². The van der Waals surface area contributed by atoms with Crippen molar-refractivity contribution in [2.45, 2.75) is 32.2 Å². The van der Waals surface area contributed by atoms with Gasteiger partial charge in [-0.05, 0) is 38.8 Å². The number of nitrogens with zero attached hydrogens (tertiary/aromatic N) is 7. The van der Waals surface area contributed by atoms with Crippen LogP contribution in [0.2, 0.25) is 0 Å². The summed E-state index contributed by atoms with van der Waals surface area (Å²) in [4.78, 5) is 25.6. The predicted octanol–water partition coefficient (Wildman–Crippen LogP) is 3.83. The molecule has 3 heterocycles. The van der Waals surface area contributed by atoms with Gasteiger partial charge in [-0.1, -0.05) is 5.18 Å². The summed E-state index contributed by atoms with van der Waals surface area (Å²) < 4.78 is 32.5. The topological polar surface area (TPSA) is 96.2 Å². The molecule has 1 unspecified atom stereocenters. The van der Waals surface area contributed by atoms with Crippen LogP contribution in [0.15, 0.2) is 22.1 Å². The molecule has 0 aliphatic carbocycles. The number of alkyl halides is 2. The Morgan fingerprint density at radius 3 is 2.74 bits per heavy atom. The largest absolute Gasteiger partial charge is 0.477 e. The summed E-state index contributed by atoms with van der Waals surface area (Å²) in [5.74, 6) is 1.40. The number of ether oxygens (including phenoxy) is 1. The van der Waals surface area contributed by atoms with E-state index in [1.165, 1.54) is 11.8 Å². The van der Waals surface area contributed by atoms with Crippen LogP contribution >= 0.6 is 11.3 Å². The third kappa shape index (κ3) is 5.37. The molecule has 0 bridgehead atoms. The lowest BCUT2D eigenvalue weighted by atomic mass is 9.96. The van der Waals surface area contributed by atoms with Gasteiger partial charge >= 0.3 is 0 Å². The number of hydrogen-bond acceptors (Lipinski definition) is 10. The zero-order valence-corrected chi connectivity index (χ0v) is 18.3. The Morgan fingerprint density at radius 1 is 1.35 bits per heavy atom. The van der Waals surface area contributed by atoms with Crippen LogP contribution in [0.1, 0.15) is 41.4 Å². The predicted molar refractivity (Wildman–Crippen MR) is 115 cm³/mol. The molecular weight excluding hydrogens is 428 g/mol. The van der Waals surface area contributed by atoms with E-state index in [1.54, 1.807) is 12.1 Å². The molecule has 0 radical (unpaired) electrons. The summed E-state index contributed by atoms with van der Waals surface area (Å²) in [6.07, 6.45) is 0.374. The quantitative estimate of drug-likeness (QED) is 0.306. The molecule has 1 atom stereocenters. The van der Waals surface area contributed by atoms with Gasteiger partial charge < -0.3 is 4.74 Å². The first kappa shape index (κ1) is 23.1. The maximum absolute atomic E-state index is 13.3. The van der Waals surface area contributed by atoms with Crippen LogP contribution in [0.5, 0.6) is 5.88 Å². The molecular formula is C19H25F2N7O2S. The van der Waals surface area contributed by atoms with Gasteiger partial charge in [-0.15, -0.1) is 11.3 Å². The van der Waals surface area contributed by atoms with Gasteiger partial charge in [-0.2, -0.15) is 10.0 Å². The molecule has 168 valence electrons. The molecule has 0 spiro atoms. The molecule has 31 heavy (non-hydrogen) atoms. The number of aromatic nitrogens is 3. The number of piperidine rings is 1. The number of likely N-dealkylation sites (tertiary alicyclic amines) is 1. The van der Waals surface area contributed by atoms with E-state index in [1.807, 2.05) is 11.8 Å². The molecule has 3 rings (SSSR count). The smallest absolute Gasteiger partial charge is 0.281 e. The summed E-state index contributed by atoms with van der Waals surface area (Å²) in [6.45, 7) is 7.08. The van der Waals surface area contributed by atoms with E-state index in [-0.39, 0.29) is 18.2 Å². The molecule has 0 N–H and O–H groups in total. The Bertz CT molecular complexity index is 890. The van der Waals surface area contributed by atoms with Crippen molar-refractivity contribution in [2.24, 2.45) is 16.2 Å². The number of thiazole rings is 1. The first-order valence-corrected chi connectivity index (χ1v) is 10.7. The first-order chi connectivity index (χ1) is 15.0. The minimum atomic E-state index is -2.67. The van der Waals surface area contributed by atoms with Crippen LogP contribution < -0.4 is 9.75 Å². The van der Waals surface area contributed by atoms with Crippen LogP contribution in [-0.4, -0.2) is 59.9 Å². The summed E-state index contributed by atoms with van der Waals surface area (Å²) in [6, 6.07) is -0.468. The molecule has 1 fully saturated rings. The molecule has 1 aliphatic heterocycles. The van der Waals surface area contributed by atoms with Crippen molar-refractivity contribution in [1.82, 2.24) is 19.9 Å². The summed E-state index contributed by atoms with van der Waals surface area (Å²) in [5, 5.41) is 8.38. The Labute approximate surface area is 183 Å². The number of halogens is 2. The highest BCUT2D eigenvalue weighted by Gasteiger charge is 2.31. The lowest BCUT2D eigenvalue weighted by Gasteiger charge is -2.36. The molecule has 2 aromatic rings. The number of anilines is 1. The second-order valence-electron chi connectivity index (χ2n) is 7.31. The van der Waals surface area contributed by atoms with Crippen molar-refractivity contribution >= 4 is 23.9 Å². The zero-order chi connectivity index (χ0) is 22.4. The summed E-state index contributed by atoms with van der Waals surface area (Å²) >= 11 is 1.15. The second kappa shape index (κ2) is 10.6. The van der Waals surface area contributed by atoms with E-state index in [0.29, 0.717) is 36.3 Å². The van der Waals surface area contributed by atoms with Crippen LogP contribution in [0.3, 0.4) is 0 Å². The Hall–Kier alpha value is -2.60. The van der Waals surface area contributed by atoms with Crippen LogP contribution in [0.4, 0.5) is 14.6 Å². The van der Waals surface area contributed by atoms with Crippen molar-refractivity contribution in [3.8, 4) is 5.88 Å². The number of hydrazone groups is 1. The molecule has 1 saturated heterocycles. The maximum atomic E-state index is 13.3. The molecule has 0 aromatic carbocycles. The zero-order valence-electron chi connectivity index (χ0n) is 17.4. The van der Waals surface area contributed by atoms with Crippen molar-refractivity contribution in [2.75, 3.05) is 38.3 Å². The molecule has 12 heteroatoms. The lowest BCUT2D eigenvalue weighted by molar-refractivity contribution is 0.104. The number of rotatable bonds is 10. The Morgan fingerprint density at radius 2 is 2.10 bits per heavy atom. The second-order valence-corrected chi connectivity index (χ2v) is 8.20. The number of nitroso groups, excluding NO2 is 1. The van der Waals surface area contributed by atoms with E-state index >= 15 is 0 Å². The van der Waals surface area contributed by atoms with Gasteiger partial charge in [0.15, 0.2) is 5.82 Å². The average Bonchev–Trinajstić information content (AvgIpc) is 3.27. The van der Waals surface area contributed by atoms with Gasteiger partial charge in [-0.3, -0.25) is 9.91 Å². The van der Waals surface area contributed by atoms with Gasteiger partial charge in [-0.25, -0.2) is 23.7 Å². The SMILES string of the molecule is C=NN(C)c1ncnc(OCC2CCN(C(CN=O)c3scnc3C(F)F)CC2)c1C. The van der Waals surface area contributed by atoms with Crippen LogP contribution in [0.25, 0.3) is 0 Å². The minimum Gasteiger partial charge on any atom is -0.477 e. The molecule has 2 aromatic heterocycles. The van der Waals surface area contributed by atoms with Crippen molar-refractivity contribution in [3.63, 3.8) is 0 Å². The van der Waals surface area contributed by atoms with E-state index in [2.05, 4.69) is 31.9 Å². The summed E-state index contributed by atoms with van der Waals surface area (Å²) in [5.41, 5.74) is 1.92. The molecule has 9 nitrogen and oxygen atoms in total. The van der Waals surface area contributed by atoms with Gasteiger partial charge in [0, 0.05) is 13.8 Å². The normalized spacial score (nSPS) is 16.3. The lowest BCUT2D eigenvalue weighted by Crippen LogP contribution is -2.39. The fourth-order valence-corrected chi connectivity index (χ4v) is 4.63. The van der Waals surface area contributed by atoms with Crippen molar-refractivity contribution in [1.29, 1.82) is 0 Å². The maximum Gasteiger partial charge on any atom is 0.281 e. The standard InChI is InChI=1S/C19H25F2N7O2S/c1-12-18(27(3)22-2)23-10-24-19(12)30-9-13-4-6-28(7-5-13)14(8-26-29)16-15(17(20)21)25-11-31-16/h10-11,13-14,17H,2,4-9H2,1,3H3. The highest BCUT2D eigenvalue weighted by molar-refractivity contribution is 7.09. The average molecular weight is 454 g/mol. The van der Waals surface area contributed by atoms with E-state index in [4.69, 9.17) is 4.74 Å². The Balaban J connectivity index is 1.60. The highest BCUT2D eigenvalue weighted by Crippen LogP contribution is 2.35. The Kier molecular flexibility index (Phi) is 7.91. The van der Waals surface area contributed by atoms with E-state index < -0.39 is 12.5 Å². The van der Waals surface area contributed by atoms with Crippen LogP contribution in [-0.2, 0) is 0 Å². The fraction of sp³-hybridized carbons (Fsp3) is 0.579. The van der Waals surface area contributed by atoms with Crippen molar-refractivity contribution < 1.29 is 13.5 Å². The highest BCUT2D eigenvalue weighted by atomic mass is 32.1. The molecule has 1 aliphatic rings. The third-order valence-electron chi connectivity index (χ3n) is 5.46. The van der Waals surface area contributed by atoms with Gasteiger partial charge in [0.25, 0.3) is 6.43 Å². The first-order valence-electron chi connectivity index (χ1n) is 9.85. The fourth-order valence-electron chi connectivity index (χ4n) is 3.70. The van der Waals surface area contributed by atoms with E-state index in [0.717, 1.165) is 29.7 Å². The summed E-state index contributed by atoms with van der Waals surface area (Å²) in [7, 11) is 1.75. The van der Waals surface area contributed by atoms with E-state index in [9.17, 15) is 13.7 Å². The molecule has 0 amide bonds. The monoisotopic (exact) mass is 453 g/mol. The van der Waals surface area contributed by atoms with Crippen molar-refractivity contribution in [3.05, 3.63) is 32.9 Å². The van der Waals surface area contributed by atoms with Gasteiger partial charge in [0.2, 0.25) is 5.88 Å². The minimum absolute atomic E-state index is 0.0726. The molecule has 0 saturated carbocycles. The van der Waals surface area contributed by atoms with Gasteiger partial charge in [0.1, 0.15) is 18.6 Å². The third-order valence-corrected chi connectivity index (χ3v) is 6.40. The van der Waals surface area contributed by atoms with Crippen LogP contribution in [0, 0.1) is 17.7 Å². The number of hydrogen-bond donors (Lipinski definition) is 0.